The fourth-order valence-electron chi connectivity index (χ4n) is 4.06. The number of piperidine rings is 1. The second-order valence-corrected chi connectivity index (χ2v) is 7.30. The van der Waals surface area contributed by atoms with Gasteiger partial charge in [-0.25, -0.2) is 4.79 Å². The Labute approximate surface area is 158 Å². The molecule has 4 heteroatoms. The fourth-order valence-corrected chi connectivity index (χ4v) is 4.06. The largest absolute Gasteiger partial charge is 0.508 e. The van der Waals surface area contributed by atoms with E-state index >= 15 is 0 Å². The van der Waals surface area contributed by atoms with Gasteiger partial charge in [0.25, 0.3) is 0 Å². The zero-order chi connectivity index (χ0) is 18.8. The van der Waals surface area contributed by atoms with Gasteiger partial charge in [-0.15, -0.1) is 0 Å². The average Bonchev–Trinajstić information content (AvgIpc) is 2.69. The standard InChI is InChI=1S/C23H23NO3/c25-21-7-5-16(6-8-21)17-9-11-24(12-10-17)15-20-14-19(23(26)27)13-18-3-1-2-4-22(18)20/h1-8,13-14,17,25H,9-12,15H2,(H,26,27). The lowest BCUT2D eigenvalue weighted by molar-refractivity contribution is 0.0697. The lowest BCUT2D eigenvalue weighted by atomic mass is 9.89. The number of carbonyl (C=O) groups is 1. The number of benzene rings is 3. The minimum Gasteiger partial charge on any atom is -0.508 e. The van der Waals surface area contributed by atoms with E-state index in [9.17, 15) is 15.0 Å². The second-order valence-electron chi connectivity index (χ2n) is 7.30. The summed E-state index contributed by atoms with van der Waals surface area (Å²) in [6.45, 7) is 2.73. The van der Waals surface area contributed by atoms with Gasteiger partial charge in [0.2, 0.25) is 0 Å². The highest BCUT2D eigenvalue weighted by Gasteiger charge is 2.21. The molecule has 27 heavy (non-hydrogen) atoms. The maximum atomic E-state index is 11.5. The summed E-state index contributed by atoms with van der Waals surface area (Å²) in [7, 11) is 0. The van der Waals surface area contributed by atoms with Crippen molar-refractivity contribution >= 4 is 16.7 Å². The van der Waals surface area contributed by atoms with Gasteiger partial charge in [-0.3, -0.25) is 4.90 Å². The van der Waals surface area contributed by atoms with Crippen molar-refractivity contribution in [3.8, 4) is 5.75 Å². The maximum absolute atomic E-state index is 11.5. The number of hydrogen-bond donors (Lipinski definition) is 2. The molecule has 0 unspecified atom stereocenters. The van der Waals surface area contributed by atoms with Crippen LogP contribution in [0.25, 0.3) is 10.8 Å². The summed E-state index contributed by atoms with van der Waals surface area (Å²) in [5.74, 6) is -0.0571. The van der Waals surface area contributed by atoms with Crippen LogP contribution in [0.2, 0.25) is 0 Å². The molecule has 3 aromatic rings. The van der Waals surface area contributed by atoms with E-state index in [1.807, 2.05) is 36.4 Å². The van der Waals surface area contributed by atoms with Crippen LogP contribution in [0.4, 0.5) is 0 Å². The number of phenols is 1. The first-order chi connectivity index (χ1) is 13.1. The SMILES string of the molecule is O=C(O)c1cc(CN2CCC(c3ccc(O)cc3)CC2)c2ccccc2c1. The van der Waals surface area contributed by atoms with E-state index in [-0.39, 0.29) is 0 Å². The van der Waals surface area contributed by atoms with Crippen LogP contribution in [0.5, 0.6) is 5.75 Å². The first-order valence-corrected chi connectivity index (χ1v) is 9.36. The first-order valence-electron chi connectivity index (χ1n) is 9.36. The number of carboxylic acid groups (broad SMARTS) is 1. The van der Waals surface area contributed by atoms with Crippen molar-refractivity contribution in [2.75, 3.05) is 13.1 Å². The molecule has 4 nitrogen and oxygen atoms in total. The molecule has 0 spiro atoms. The van der Waals surface area contributed by atoms with Crippen LogP contribution in [0.1, 0.15) is 40.2 Å². The van der Waals surface area contributed by atoms with Gasteiger partial charge in [0.05, 0.1) is 5.56 Å². The maximum Gasteiger partial charge on any atom is 0.335 e. The molecule has 1 heterocycles. The molecule has 1 aliphatic rings. The molecule has 1 aliphatic heterocycles. The summed E-state index contributed by atoms with van der Waals surface area (Å²) in [6, 6.07) is 19.1. The molecule has 4 rings (SSSR count). The van der Waals surface area contributed by atoms with Gasteiger partial charge in [-0.2, -0.15) is 0 Å². The molecule has 138 valence electrons. The fraction of sp³-hybridized carbons (Fsp3) is 0.261. The van der Waals surface area contributed by atoms with Crippen molar-refractivity contribution < 1.29 is 15.0 Å². The Balaban J connectivity index is 1.50. The first kappa shape index (κ1) is 17.6. The predicted molar refractivity (Wildman–Crippen MR) is 106 cm³/mol. The Morgan fingerprint density at radius 1 is 1.00 bits per heavy atom. The summed E-state index contributed by atoms with van der Waals surface area (Å²) in [5.41, 5.74) is 2.71. The van der Waals surface area contributed by atoms with Crippen LogP contribution in [0.3, 0.4) is 0 Å². The van der Waals surface area contributed by atoms with Crippen molar-refractivity contribution in [2.24, 2.45) is 0 Å². The summed E-state index contributed by atoms with van der Waals surface area (Å²) in [4.78, 5) is 13.9. The number of rotatable bonds is 4. The summed E-state index contributed by atoms with van der Waals surface area (Å²) in [6.07, 6.45) is 2.14. The summed E-state index contributed by atoms with van der Waals surface area (Å²) >= 11 is 0. The number of fused-ring (bicyclic) bond motifs is 1. The van der Waals surface area contributed by atoms with Gasteiger partial charge in [0.15, 0.2) is 0 Å². The molecule has 0 atom stereocenters. The molecular weight excluding hydrogens is 338 g/mol. The zero-order valence-corrected chi connectivity index (χ0v) is 15.1. The molecule has 0 aromatic heterocycles. The highest BCUT2D eigenvalue weighted by molar-refractivity contribution is 5.96. The van der Waals surface area contributed by atoms with Gasteiger partial charge in [0.1, 0.15) is 5.75 Å². The van der Waals surface area contributed by atoms with Crippen LogP contribution in [0, 0.1) is 0 Å². The minimum atomic E-state index is -0.881. The number of aromatic carboxylic acids is 1. The molecule has 1 fully saturated rings. The molecule has 0 bridgehead atoms. The smallest absolute Gasteiger partial charge is 0.335 e. The van der Waals surface area contributed by atoms with Crippen LogP contribution < -0.4 is 0 Å². The van der Waals surface area contributed by atoms with Crippen molar-refractivity contribution in [3.63, 3.8) is 0 Å². The quantitative estimate of drug-likeness (QED) is 0.712. The molecular formula is C23H23NO3. The van der Waals surface area contributed by atoms with Gasteiger partial charge < -0.3 is 10.2 Å². The van der Waals surface area contributed by atoms with Crippen molar-refractivity contribution in [1.82, 2.24) is 4.90 Å². The number of aromatic hydroxyl groups is 1. The highest BCUT2D eigenvalue weighted by atomic mass is 16.4. The van der Waals surface area contributed by atoms with E-state index in [2.05, 4.69) is 11.0 Å². The Hall–Kier alpha value is -2.85. The molecule has 0 amide bonds. The zero-order valence-electron chi connectivity index (χ0n) is 15.1. The van der Waals surface area contributed by atoms with E-state index in [1.54, 1.807) is 18.2 Å². The Morgan fingerprint density at radius 2 is 1.70 bits per heavy atom. The summed E-state index contributed by atoms with van der Waals surface area (Å²) < 4.78 is 0. The lowest BCUT2D eigenvalue weighted by Gasteiger charge is -2.32. The number of hydrogen-bond acceptors (Lipinski definition) is 3. The van der Waals surface area contributed by atoms with E-state index in [1.165, 1.54) is 5.56 Å². The van der Waals surface area contributed by atoms with Gasteiger partial charge in [0, 0.05) is 6.54 Å². The van der Waals surface area contributed by atoms with Crippen LogP contribution in [-0.2, 0) is 6.54 Å². The van der Waals surface area contributed by atoms with E-state index in [0.717, 1.165) is 48.8 Å². The molecule has 3 aromatic carbocycles. The molecule has 1 saturated heterocycles. The Morgan fingerprint density at radius 3 is 2.41 bits per heavy atom. The third-order valence-electron chi connectivity index (χ3n) is 5.54. The van der Waals surface area contributed by atoms with Crippen LogP contribution in [-0.4, -0.2) is 34.2 Å². The molecule has 2 N–H and O–H groups in total. The highest BCUT2D eigenvalue weighted by Crippen LogP contribution is 2.30. The lowest BCUT2D eigenvalue weighted by Crippen LogP contribution is -2.32. The molecule has 0 saturated carbocycles. The molecule has 0 aliphatic carbocycles. The average molecular weight is 361 g/mol. The van der Waals surface area contributed by atoms with Crippen LogP contribution in [0.15, 0.2) is 60.7 Å². The number of likely N-dealkylation sites (tertiary alicyclic amines) is 1. The predicted octanol–water partition coefficient (Wildman–Crippen LogP) is 4.62. The van der Waals surface area contributed by atoms with Crippen molar-refractivity contribution in [1.29, 1.82) is 0 Å². The minimum absolute atomic E-state index is 0.307. The Bertz CT molecular complexity index is 957. The third-order valence-corrected chi connectivity index (χ3v) is 5.54. The van der Waals surface area contributed by atoms with Gasteiger partial charge >= 0.3 is 5.97 Å². The number of nitrogens with zero attached hydrogens (tertiary/aromatic N) is 1. The van der Waals surface area contributed by atoms with E-state index in [4.69, 9.17) is 0 Å². The third kappa shape index (κ3) is 3.81. The Kier molecular flexibility index (Phi) is 4.82. The van der Waals surface area contributed by atoms with Crippen LogP contribution >= 0.6 is 0 Å². The van der Waals surface area contributed by atoms with E-state index < -0.39 is 5.97 Å². The summed E-state index contributed by atoms with van der Waals surface area (Å²) in [5, 5.41) is 21.0. The number of phenolic OH excluding ortho intramolecular Hbond substituents is 1. The monoisotopic (exact) mass is 361 g/mol. The van der Waals surface area contributed by atoms with Gasteiger partial charge in [-0.1, -0.05) is 36.4 Å². The second kappa shape index (κ2) is 7.41. The van der Waals surface area contributed by atoms with Crippen molar-refractivity contribution in [3.05, 3.63) is 77.4 Å². The van der Waals surface area contributed by atoms with E-state index in [0.29, 0.717) is 17.2 Å². The molecule has 0 radical (unpaired) electrons. The topological polar surface area (TPSA) is 60.8 Å². The van der Waals surface area contributed by atoms with Crippen molar-refractivity contribution in [2.45, 2.75) is 25.3 Å². The normalized spacial score (nSPS) is 15.9. The van der Waals surface area contributed by atoms with Gasteiger partial charge in [-0.05, 0) is 78.0 Å². The number of carboxylic acids is 1.